The third-order valence-corrected chi connectivity index (χ3v) is 6.38. The molecular formula is C26H28O4. The molecule has 4 nitrogen and oxygen atoms in total. The quantitative estimate of drug-likeness (QED) is 0.459. The van der Waals surface area contributed by atoms with Gasteiger partial charge in [0.1, 0.15) is 5.60 Å². The van der Waals surface area contributed by atoms with E-state index in [0.717, 1.165) is 59.9 Å². The highest BCUT2D eigenvalue weighted by Gasteiger charge is 2.37. The molecular weight excluding hydrogens is 376 g/mol. The van der Waals surface area contributed by atoms with Crippen molar-refractivity contribution in [3.8, 4) is 11.1 Å². The summed E-state index contributed by atoms with van der Waals surface area (Å²) in [6.07, 6.45) is 4.70. The maximum atomic E-state index is 12.9. The first-order valence-electron chi connectivity index (χ1n) is 10.7. The Labute approximate surface area is 177 Å². The molecule has 2 aromatic carbocycles. The van der Waals surface area contributed by atoms with Gasteiger partial charge in [-0.2, -0.15) is 0 Å². The van der Waals surface area contributed by atoms with Gasteiger partial charge in [0.05, 0.1) is 6.42 Å². The molecule has 1 saturated carbocycles. The van der Waals surface area contributed by atoms with Gasteiger partial charge in [0.2, 0.25) is 0 Å². The van der Waals surface area contributed by atoms with Crippen LogP contribution < -0.4 is 0 Å². The topological polar surface area (TPSA) is 52.6 Å². The number of hydrogen-bond acceptors (Lipinski definition) is 4. The number of carbonyl (C=O) groups is 2. The van der Waals surface area contributed by atoms with Gasteiger partial charge in [0, 0.05) is 16.7 Å². The van der Waals surface area contributed by atoms with Crippen LogP contribution in [0.4, 0.5) is 0 Å². The zero-order valence-electron chi connectivity index (χ0n) is 17.7. The Morgan fingerprint density at radius 2 is 1.77 bits per heavy atom. The molecule has 0 aromatic heterocycles. The second kappa shape index (κ2) is 8.10. The molecule has 30 heavy (non-hydrogen) atoms. The van der Waals surface area contributed by atoms with Crippen molar-refractivity contribution in [3.63, 3.8) is 0 Å². The minimum Gasteiger partial charge on any atom is -0.459 e. The number of ether oxygens (including phenoxy) is 2. The summed E-state index contributed by atoms with van der Waals surface area (Å²) in [5.41, 5.74) is 4.78. The molecule has 0 spiro atoms. The molecule has 0 aliphatic heterocycles. The fraction of sp³-hybridized carbons (Fsp3) is 0.385. The average Bonchev–Trinajstić information content (AvgIpc) is 3.32. The van der Waals surface area contributed by atoms with Crippen molar-refractivity contribution >= 4 is 11.9 Å². The van der Waals surface area contributed by atoms with E-state index in [9.17, 15) is 9.59 Å². The van der Waals surface area contributed by atoms with Crippen molar-refractivity contribution in [2.75, 3.05) is 0 Å². The molecule has 0 N–H and O–H groups in total. The van der Waals surface area contributed by atoms with Crippen molar-refractivity contribution in [2.24, 2.45) is 0 Å². The monoisotopic (exact) mass is 404 g/mol. The second-order valence-corrected chi connectivity index (χ2v) is 8.43. The van der Waals surface area contributed by atoms with Gasteiger partial charge in [0.25, 0.3) is 0 Å². The Kier molecular flexibility index (Phi) is 5.50. The van der Waals surface area contributed by atoms with Gasteiger partial charge in [-0.25, -0.2) is 4.79 Å². The molecule has 2 aliphatic carbocycles. The maximum absolute atomic E-state index is 12.9. The van der Waals surface area contributed by atoms with E-state index in [4.69, 9.17) is 9.47 Å². The van der Waals surface area contributed by atoms with Crippen LogP contribution in [0.1, 0.15) is 68.7 Å². The molecule has 0 bridgehead atoms. The lowest BCUT2D eigenvalue weighted by Crippen LogP contribution is -2.31. The highest BCUT2D eigenvalue weighted by Crippen LogP contribution is 2.47. The fourth-order valence-electron chi connectivity index (χ4n) is 4.75. The van der Waals surface area contributed by atoms with Gasteiger partial charge >= 0.3 is 11.9 Å². The van der Waals surface area contributed by atoms with Crippen molar-refractivity contribution in [1.82, 2.24) is 0 Å². The first-order chi connectivity index (χ1) is 14.4. The minimum absolute atomic E-state index is 0.188. The van der Waals surface area contributed by atoms with Gasteiger partial charge < -0.3 is 9.47 Å². The number of fused-ring (bicyclic) bond motifs is 3. The summed E-state index contributed by atoms with van der Waals surface area (Å²) in [6, 6.07) is 13.7. The van der Waals surface area contributed by atoms with Crippen molar-refractivity contribution in [2.45, 2.75) is 64.1 Å². The smallest absolute Gasteiger partial charge is 0.334 e. The summed E-state index contributed by atoms with van der Waals surface area (Å²) in [6.45, 7) is 7.43. The zero-order chi connectivity index (χ0) is 21.3. The van der Waals surface area contributed by atoms with E-state index in [0.29, 0.717) is 5.57 Å². The first-order valence-corrected chi connectivity index (χ1v) is 10.7. The van der Waals surface area contributed by atoms with Gasteiger partial charge in [-0.05, 0) is 55.7 Å². The van der Waals surface area contributed by atoms with Crippen LogP contribution >= 0.6 is 0 Å². The molecule has 0 amide bonds. The van der Waals surface area contributed by atoms with Crippen LogP contribution in [0.3, 0.4) is 0 Å². The largest absolute Gasteiger partial charge is 0.459 e. The number of esters is 2. The van der Waals surface area contributed by atoms with Crippen LogP contribution in [0.15, 0.2) is 54.6 Å². The average molecular weight is 405 g/mol. The van der Waals surface area contributed by atoms with Gasteiger partial charge in [-0.1, -0.05) is 56.0 Å². The standard InChI is InChI=1S/C26H28O4/c1-4-26(14-7-8-15-26)30-22(27)16-18-10-9-13-21-23(18)19-11-5-6-12-20(19)24(21)29-25(28)17(2)3/h5-6,9-13,24H,2,4,7-8,14-16H2,1,3H3. The number of benzene rings is 2. The lowest BCUT2D eigenvalue weighted by atomic mass is 9.96. The second-order valence-electron chi connectivity index (χ2n) is 8.43. The summed E-state index contributed by atoms with van der Waals surface area (Å²) >= 11 is 0. The molecule has 0 heterocycles. The summed E-state index contributed by atoms with van der Waals surface area (Å²) in [7, 11) is 0. The molecule has 156 valence electrons. The van der Waals surface area contributed by atoms with E-state index in [1.807, 2.05) is 42.5 Å². The molecule has 0 saturated heterocycles. The number of carbonyl (C=O) groups excluding carboxylic acids is 2. The van der Waals surface area contributed by atoms with Crippen molar-refractivity contribution in [3.05, 3.63) is 71.3 Å². The third kappa shape index (κ3) is 3.67. The van der Waals surface area contributed by atoms with Crippen LogP contribution in [0.25, 0.3) is 11.1 Å². The SMILES string of the molecule is C=C(C)C(=O)OC1c2ccccc2-c2c(CC(=O)OC3(CC)CCCC3)cccc21. The van der Waals surface area contributed by atoms with Crippen LogP contribution in [-0.2, 0) is 25.5 Å². The van der Waals surface area contributed by atoms with Crippen molar-refractivity contribution < 1.29 is 19.1 Å². The predicted molar refractivity (Wildman–Crippen MR) is 116 cm³/mol. The van der Waals surface area contributed by atoms with Gasteiger partial charge in [-0.15, -0.1) is 0 Å². The summed E-state index contributed by atoms with van der Waals surface area (Å²) in [5.74, 6) is -0.606. The van der Waals surface area contributed by atoms with Gasteiger partial charge in [0.15, 0.2) is 6.10 Å². The Morgan fingerprint density at radius 3 is 2.47 bits per heavy atom. The summed E-state index contributed by atoms with van der Waals surface area (Å²) in [4.78, 5) is 25.1. The van der Waals surface area contributed by atoms with E-state index < -0.39 is 12.1 Å². The highest BCUT2D eigenvalue weighted by molar-refractivity contribution is 5.89. The minimum atomic E-state index is -0.492. The zero-order valence-corrected chi connectivity index (χ0v) is 17.7. The number of hydrogen-bond donors (Lipinski definition) is 0. The molecule has 2 aliphatic rings. The molecule has 0 radical (unpaired) electrons. The predicted octanol–water partition coefficient (Wildman–Crippen LogP) is 5.68. The Hall–Kier alpha value is -2.88. The summed E-state index contributed by atoms with van der Waals surface area (Å²) in [5, 5.41) is 0. The van der Waals surface area contributed by atoms with Crippen LogP contribution in [0.5, 0.6) is 0 Å². The normalized spacial score (nSPS) is 18.4. The Balaban J connectivity index is 1.65. The molecule has 1 unspecified atom stereocenters. The lowest BCUT2D eigenvalue weighted by Gasteiger charge is -2.27. The first kappa shape index (κ1) is 20.4. The Bertz CT molecular complexity index is 998. The summed E-state index contributed by atoms with van der Waals surface area (Å²) < 4.78 is 11.8. The molecule has 4 heteroatoms. The van der Waals surface area contributed by atoms with E-state index in [-0.39, 0.29) is 18.0 Å². The fourth-order valence-corrected chi connectivity index (χ4v) is 4.75. The molecule has 1 atom stereocenters. The maximum Gasteiger partial charge on any atom is 0.334 e. The van der Waals surface area contributed by atoms with Gasteiger partial charge in [-0.3, -0.25) is 4.79 Å². The Morgan fingerprint density at radius 1 is 1.07 bits per heavy atom. The molecule has 2 aromatic rings. The van der Waals surface area contributed by atoms with E-state index in [1.165, 1.54) is 0 Å². The van der Waals surface area contributed by atoms with E-state index in [1.54, 1.807) is 6.92 Å². The van der Waals surface area contributed by atoms with Crippen LogP contribution in [0, 0.1) is 0 Å². The highest BCUT2D eigenvalue weighted by atomic mass is 16.6. The van der Waals surface area contributed by atoms with Crippen LogP contribution in [-0.4, -0.2) is 17.5 Å². The lowest BCUT2D eigenvalue weighted by molar-refractivity contribution is -0.158. The van der Waals surface area contributed by atoms with E-state index >= 15 is 0 Å². The molecule has 1 fully saturated rings. The van der Waals surface area contributed by atoms with Crippen molar-refractivity contribution in [1.29, 1.82) is 0 Å². The molecule has 4 rings (SSSR count). The van der Waals surface area contributed by atoms with E-state index in [2.05, 4.69) is 13.5 Å². The van der Waals surface area contributed by atoms with Crippen LogP contribution in [0.2, 0.25) is 0 Å². The third-order valence-electron chi connectivity index (χ3n) is 6.38. The number of rotatable bonds is 6.